The van der Waals surface area contributed by atoms with E-state index in [0.29, 0.717) is 19.0 Å². The highest BCUT2D eigenvalue weighted by atomic mass is 32.2. The van der Waals surface area contributed by atoms with E-state index < -0.39 is 10.0 Å². The molecule has 0 aromatic rings. The molecule has 0 aromatic carbocycles. The van der Waals surface area contributed by atoms with Gasteiger partial charge < -0.3 is 20.3 Å². The van der Waals surface area contributed by atoms with Crippen LogP contribution in [0.3, 0.4) is 0 Å². The smallest absolute Gasteiger partial charge is 0.210 e. The van der Waals surface area contributed by atoms with Crippen molar-refractivity contribution in [3.63, 3.8) is 0 Å². The molecule has 0 heterocycles. The minimum atomic E-state index is -3.45. The molecule has 0 saturated heterocycles. The van der Waals surface area contributed by atoms with Crippen molar-refractivity contribution in [3.05, 3.63) is 0 Å². The van der Waals surface area contributed by atoms with Crippen LogP contribution in [0, 0.1) is 0 Å². The number of methoxy groups -OCH3 is 1. The Morgan fingerprint density at radius 2 is 2.05 bits per heavy atom. The zero-order valence-electron chi connectivity index (χ0n) is 13.3. The summed E-state index contributed by atoms with van der Waals surface area (Å²) >= 11 is 0. The van der Waals surface area contributed by atoms with Crippen LogP contribution in [-0.2, 0) is 14.8 Å². The fraction of sp³-hybridized carbons (Fsp3) is 0.917. The number of nitrogens with zero attached hydrogens (tertiary/aromatic N) is 2. The minimum absolute atomic E-state index is 0.117. The summed E-state index contributed by atoms with van der Waals surface area (Å²) in [5.41, 5.74) is 0. The van der Waals surface area contributed by atoms with Gasteiger partial charge in [0.15, 0.2) is 5.96 Å². The normalized spacial score (nSPS) is 12.7. The van der Waals surface area contributed by atoms with E-state index in [1.165, 1.54) is 0 Å². The number of hydrogen-bond acceptors (Lipinski definition) is 5. The molecule has 0 aliphatic heterocycles. The molecule has 0 radical (unpaired) electrons. The molecule has 0 spiro atoms. The third-order valence-electron chi connectivity index (χ3n) is 2.66. The summed E-state index contributed by atoms with van der Waals surface area (Å²) in [6.07, 6.45) is 0.989. The number of ether oxygens (including phenoxy) is 1. The molecule has 21 heavy (non-hydrogen) atoms. The van der Waals surface area contributed by atoms with Gasteiger partial charge in [-0.2, -0.15) is 0 Å². The van der Waals surface area contributed by atoms with E-state index >= 15 is 0 Å². The SMILES string of the molecule is CCNC(=NCCN(C)CCCOC)NCCS(N)(=O)=O. The van der Waals surface area contributed by atoms with Gasteiger partial charge in [-0.1, -0.05) is 0 Å². The first-order valence-corrected chi connectivity index (χ1v) is 8.80. The Bertz CT molecular complexity index is 386. The van der Waals surface area contributed by atoms with Crippen LogP contribution in [0.1, 0.15) is 13.3 Å². The summed E-state index contributed by atoms with van der Waals surface area (Å²) in [5, 5.41) is 11.0. The average molecular weight is 323 g/mol. The van der Waals surface area contributed by atoms with Gasteiger partial charge in [0.25, 0.3) is 0 Å². The van der Waals surface area contributed by atoms with Gasteiger partial charge in [-0.25, -0.2) is 13.6 Å². The fourth-order valence-corrected chi connectivity index (χ4v) is 1.96. The summed E-state index contributed by atoms with van der Waals surface area (Å²) in [7, 11) is 0.282. The van der Waals surface area contributed by atoms with Gasteiger partial charge in [-0.3, -0.25) is 4.99 Å². The number of rotatable bonds is 11. The van der Waals surface area contributed by atoms with Crippen molar-refractivity contribution in [1.82, 2.24) is 15.5 Å². The van der Waals surface area contributed by atoms with Crippen molar-refractivity contribution in [2.45, 2.75) is 13.3 Å². The molecule has 4 N–H and O–H groups in total. The average Bonchev–Trinajstić information content (AvgIpc) is 2.37. The molecule has 9 heteroatoms. The molecule has 0 bridgehead atoms. The molecule has 126 valence electrons. The third-order valence-corrected chi connectivity index (χ3v) is 3.44. The highest BCUT2D eigenvalue weighted by Gasteiger charge is 2.03. The minimum Gasteiger partial charge on any atom is -0.385 e. The van der Waals surface area contributed by atoms with Crippen molar-refractivity contribution in [3.8, 4) is 0 Å². The monoisotopic (exact) mass is 323 g/mol. The lowest BCUT2D eigenvalue weighted by Crippen LogP contribution is -2.40. The summed E-state index contributed by atoms with van der Waals surface area (Å²) in [5.74, 6) is 0.486. The Morgan fingerprint density at radius 1 is 1.33 bits per heavy atom. The largest absolute Gasteiger partial charge is 0.385 e. The Labute approximate surface area is 128 Å². The van der Waals surface area contributed by atoms with Crippen LogP contribution in [0.5, 0.6) is 0 Å². The topological polar surface area (TPSA) is 109 Å². The van der Waals surface area contributed by atoms with Crippen LogP contribution in [-0.4, -0.2) is 78.5 Å². The lowest BCUT2D eigenvalue weighted by Gasteiger charge is -2.16. The van der Waals surface area contributed by atoms with Crippen LogP contribution < -0.4 is 15.8 Å². The van der Waals surface area contributed by atoms with Crippen molar-refractivity contribution in [1.29, 1.82) is 0 Å². The zero-order valence-corrected chi connectivity index (χ0v) is 14.1. The summed E-state index contributed by atoms with van der Waals surface area (Å²) < 4.78 is 26.7. The zero-order chi connectivity index (χ0) is 16.1. The predicted octanol–water partition coefficient (Wildman–Crippen LogP) is -1.20. The van der Waals surface area contributed by atoms with Crippen molar-refractivity contribution in [2.24, 2.45) is 10.1 Å². The first-order valence-electron chi connectivity index (χ1n) is 7.09. The fourth-order valence-electron chi connectivity index (χ4n) is 1.58. The van der Waals surface area contributed by atoms with Crippen LogP contribution in [0.4, 0.5) is 0 Å². The summed E-state index contributed by atoms with van der Waals surface area (Å²) in [4.78, 5) is 6.56. The first-order chi connectivity index (χ1) is 9.89. The van der Waals surface area contributed by atoms with Gasteiger partial charge in [-0.15, -0.1) is 0 Å². The second kappa shape index (κ2) is 11.7. The molecule has 8 nitrogen and oxygen atoms in total. The number of aliphatic imine (C=N–C) groups is 1. The van der Waals surface area contributed by atoms with E-state index in [9.17, 15) is 8.42 Å². The van der Waals surface area contributed by atoms with E-state index in [-0.39, 0.29) is 12.3 Å². The lowest BCUT2D eigenvalue weighted by molar-refractivity contribution is 0.180. The van der Waals surface area contributed by atoms with Gasteiger partial charge in [0.05, 0.1) is 12.3 Å². The van der Waals surface area contributed by atoms with Gasteiger partial charge >= 0.3 is 0 Å². The van der Waals surface area contributed by atoms with E-state index in [1.807, 2.05) is 14.0 Å². The van der Waals surface area contributed by atoms with Gasteiger partial charge in [0.2, 0.25) is 10.0 Å². The molecule has 0 rings (SSSR count). The van der Waals surface area contributed by atoms with E-state index in [4.69, 9.17) is 9.88 Å². The molecule has 0 aromatic heterocycles. The second-order valence-electron chi connectivity index (χ2n) is 4.70. The van der Waals surface area contributed by atoms with Gasteiger partial charge in [-0.05, 0) is 20.4 Å². The number of likely N-dealkylation sites (N-methyl/N-ethyl adjacent to an activating group) is 1. The van der Waals surface area contributed by atoms with E-state index in [1.54, 1.807) is 7.11 Å². The molecular weight excluding hydrogens is 294 g/mol. The highest BCUT2D eigenvalue weighted by Crippen LogP contribution is 1.88. The molecule has 0 saturated carbocycles. The Balaban J connectivity index is 4.03. The van der Waals surface area contributed by atoms with Crippen LogP contribution in [0.2, 0.25) is 0 Å². The van der Waals surface area contributed by atoms with Crippen LogP contribution in [0.15, 0.2) is 4.99 Å². The van der Waals surface area contributed by atoms with Crippen molar-refractivity contribution >= 4 is 16.0 Å². The summed E-state index contributed by atoms with van der Waals surface area (Å²) in [6, 6.07) is 0. The lowest BCUT2D eigenvalue weighted by atomic mass is 10.4. The Morgan fingerprint density at radius 3 is 2.62 bits per heavy atom. The number of primary sulfonamides is 1. The van der Waals surface area contributed by atoms with E-state index in [0.717, 1.165) is 26.1 Å². The standard InChI is InChI=1S/C12H29N5O3S/c1-4-14-12(16-7-11-21(13,18)19)15-6-9-17(2)8-5-10-20-3/h4-11H2,1-3H3,(H2,13,18,19)(H2,14,15,16). The van der Waals surface area contributed by atoms with Crippen LogP contribution in [0.25, 0.3) is 0 Å². The second-order valence-corrected chi connectivity index (χ2v) is 6.44. The molecule has 0 atom stereocenters. The third kappa shape index (κ3) is 13.8. The summed E-state index contributed by atoms with van der Waals surface area (Å²) in [6.45, 7) is 6.08. The Kier molecular flexibility index (Phi) is 11.2. The molecule has 0 amide bonds. The van der Waals surface area contributed by atoms with Crippen molar-refractivity contribution < 1.29 is 13.2 Å². The molecule has 0 aliphatic carbocycles. The van der Waals surface area contributed by atoms with Gasteiger partial charge in [0, 0.05) is 39.9 Å². The van der Waals surface area contributed by atoms with Crippen molar-refractivity contribution in [2.75, 3.05) is 59.2 Å². The Hall–Kier alpha value is -0.900. The molecule has 0 unspecified atom stereocenters. The van der Waals surface area contributed by atoms with Gasteiger partial charge in [0.1, 0.15) is 0 Å². The quantitative estimate of drug-likeness (QED) is 0.250. The maximum absolute atomic E-state index is 10.9. The molecular formula is C12H29N5O3S. The maximum atomic E-state index is 10.9. The number of hydrogen-bond donors (Lipinski definition) is 3. The number of guanidine groups is 1. The molecule has 0 aliphatic rings. The van der Waals surface area contributed by atoms with E-state index in [2.05, 4.69) is 20.5 Å². The first kappa shape index (κ1) is 20.1. The number of nitrogens with two attached hydrogens (primary N) is 1. The predicted molar refractivity (Wildman–Crippen MR) is 85.9 cm³/mol. The molecule has 0 fully saturated rings. The maximum Gasteiger partial charge on any atom is 0.210 e. The highest BCUT2D eigenvalue weighted by molar-refractivity contribution is 7.89. The van der Waals surface area contributed by atoms with Crippen LogP contribution >= 0.6 is 0 Å². The number of nitrogens with one attached hydrogen (secondary N) is 2. The number of sulfonamides is 1.